The van der Waals surface area contributed by atoms with Crippen molar-refractivity contribution in [3.8, 4) is 11.1 Å². The monoisotopic (exact) mass is 400 g/mol. The molecule has 4 aromatic rings. The van der Waals surface area contributed by atoms with E-state index in [1.807, 2.05) is 18.2 Å². The summed E-state index contributed by atoms with van der Waals surface area (Å²) >= 11 is 0. The molecule has 1 aliphatic heterocycles. The molecule has 3 heterocycles. The number of nitrogen functional groups attached to an aromatic ring is 1. The van der Waals surface area contributed by atoms with Gasteiger partial charge in [0.1, 0.15) is 0 Å². The quantitative estimate of drug-likeness (QED) is 0.238. The molecule has 0 spiro atoms. The van der Waals surface area contributed by atoms with E-state index in [0.717, 1.165) is 35.3 Å². The lowest BCUT2D eigenvalue weighted by Gasteiger charge is -2.27. The van der Waals surface area contributed by atoms with Gasteiger partial charge in [0.2, 0.25) is 5.95 Å². The second-order valence-corrected chi connectivity index (χ2v) is 7.35. The number of amides is 1. The highest BCUT2D eigenvalue weighted by atomic mass is 16.5. The van der Waals surface area contributed by atoms with E-state index in [4.69, 9.17) is 10.9 Å². The van der Waals surface area contributed by atoms with Crippen molar-refractivity contribution in [3.63, 3.8) is 0 Å². The van der Waals surface area contributed by atoms with Gasteiger partial charge in [-0.1, -0.05) is 18.2 Å². The largest absolute Gasteiger partial charge is 0.399 e. The Hall–Kier alpha value is -3.91. The van der Waals surface area contributed by atoms with Crippen LogP contribution >= 0.6 is 0 Å². The van der Waals surface area contributed by atoms with Gasteiger partial charge in [0.05, 0.1) is 5.56 Å². The minimum absolute atomic E-state index is 0.206. The first-order chi connectivity index (χ1) is 14.6. The van der Waals surface area contributed by atoms with Gasteiger partial charge >= 0.3 is 0 Å². The maximum absolute atomic E-state index is 11.5. The third-order valence-electron chi connectivity index (χ3n) is 5.48. The number of carbonyl (C=O) groups excluding carboxylic acids is 1. The molecule has 0 bridgehead atoms. The van der Waals surface area contributed by atoms with E-state index in [1.165, 1.54) is 29.0 Å². The molecule has 1 aliphatic rings. The van der Waals surface area contributed by atoms with E-state index < -0.39 is 5.91 Å². The Kier molecular flexibility index (Phi) is 4.33. The van der Waals surface area contributed by atoms with Crippen molar-refractivity contribution in [2.45, 2.75) is 13.0 Å². The highest BCUT2D eigenvalue weighted by Crippen LogP contribution is 2.32. The van der Waals surface area contributed by atoms with Gasteiger partial charge in [0.15, 0.2) is 0 Å². The van der Waals surface area contributed by atoms with Gasteiger partial charge in [-0.2, -0.15) is 0 Å². The zero-order chi connectivity index (χ0) is 20.7. The number of hydrogen-bond donors (Lipinski definition) is 4. The summed E-state index contributed by atoms with van der Waals surface area (Å²) in [6.45, 7) is 1.44. The summed E-state index contributed by atoms with van der Waals surface area (Å²) in [7, 11) is 0. The number of aromatic amines is 1. The molecular weight excluding hydrogens is 380 g/mol. The predicted molar refractivity (Wildman–Crippen MR) is 114 cm³/mol. The molecule has 0 radical (unpaired) electrons. The number of hydroxylamine groups is 1. The van der Waals surface area contributed by atoms with E-state index in [2.05, 4.69) is 44.1 Å². The molecule has 0 unspecified atom stereocenters. The van der Waals surface area contributed by atoms with Crippen molar-refractivity contribution in [2.24, 2.45) is 0 Å². The molecule has 8 heteroatoms. The number of anilines is 2. The van der Waals surface area contributed by atoms with Gasteiger partial charge in [0.25, 0.3) is 5.91 Å². The molecule has 0 aliphatic carbocycles. The summed E-state index contributed by atoms with van der Waals surface area (Å²) in [4.78, 5) is 25.7. The van der Waals surface area contributed by atoms with Gasteiger partial charge in [-0.15, -0.1) is 0 Å². The Morgan fingerprint density at radius 2 is 1.93 bits per heavy atom. The van der Waals surface area contributed by atoms with E-state index in [-0.39, 0.29) is 5.56 Å². The van der Waals surface area contributed by atoms with Crippen molar-refractivity contribution in [3.05, 3.63) is 71.7 Å². The number of nitrogens with one attached hydrogen (secondary N) is 2. The summed E-state index contributed by atoms with van der Waals surface area (Å²) in [6, 6.07) is 14.3. The van der Waals surface area contributed by atoms with Crippen molar-refractivity contribution in [1.82, 2.24) is 20.4 Å². The second kappa shape index (κ2) is 7.16. The number of fused-ring (bicyclic) bond motifs is 3. The molecule has 5 N–H and O–H groups in total. The van der Waals surface area contributed by atoms with Crippen LogP contribution in [0.2, 0.25) is 0 Å². The van der Waals surface area contributed by atoms with Crippen molar-refractivity contribution in [1.29, 1.82) is 0 Å². The first-order valence-electron chi connectivity index (χ1n) is 9.63. The molecule has 0 saturated carbocycles. The maximum atomic E-state index is 11.5. The van der Waals surface area contributed by atoms with Crippen molar-refractivity contribution in [2.75, 3.05) is 17.2 Å². The number of rotatable bonds is 3. The molecule has 1 amide bonds. The highest BCUT2D eigenvalue weighted by Gasteiger charge is 2.23. The van der Waals surface area contributed by atoms with Gasteiger partial charge in [-0.25, -0.2) is 15.4 Å². The molecule has 2 aromatic heterocycles. The molecule has 150 valence electrons. The zero-order valence-electron chi connectivity index (χ0n) is 16.1. The molecule has 5 rings (SSSR count). The molecule has 0 saturated heterocycles. The number of hydrogen-bond acceptors (Lipinski definition) is 6. The maximum Gasteiger partial charge on any atom is 0.277 e. The van der Waals surface area contributed by atoms with Crippen molar-refractivity contribution < 1.29 is 10.0 Å². The molecule has 0 fully saturated rings. The Labute approximate surface area is 172 Å². The normalized spacial score (nSPS) is 13.3. The first-order valence-corrected chi connectivity index (χ1v) is 9.63. The van der Waals surface area contributed by atoms with E-state index in [1.54, 1.807) is 5.48 Å². The lowest BCUT2D eigenvalue weighted by atomic mass is 10.00. The predicted octanol–water partition coefficient (Wildman–Crippen LogP) is 2.89. The van der Waals surface area contributed by atoms with E-state index in [9.17, 15) is 4.79 Å². The average Bonchev–Trinajstić information content (AvgIpc) is 3.16. The number of nitrogens with zero attached hydrogens (tertiary/aromatic N) is 3. The van der Waals surface area contributed by atoms with Crippen LogP contribution in [-0.4, -0.2) is 32.6 Å². The topological polar surface area (TPSA) is 120 Å². The summed E-state index contributed by atoms with van der Waals surface area (Å²) in [5.74, 6) is -0.0790. The number of carbonyl (C=O) groups is 1. The molecule has 8 nitrogen and oxygen atoms in total. The number of benzene rings is 2. The smallest absolute Gasteiger partial charge is 0.277 e. The third-order valence-corrected chi connectivity index (χ3v) is 5.48. The minimum Gasteiger partial charge on any atom is -0.399 e. The van der Waals surface area contributed by atoms with Crippen molar-refractivity contribution >= 4 is 28.4 Å². The van der Waals surface area contributed by atoms with E-state index >= 15 is 0 Å². The Morgan fingerprint density at radius 1 is 1.13 bits per heavy atom. The fraction of sp³-hybridized carbons (Fsp3) is 0.136. The Bertz CT molecular complexity index is 1250. The highest BCUT2D eigenvalue weighted by molar-refractivity contribution is 5.93. The lowest BCUT2D eigenvalue weighted by molar-refractivity contribution is 0.0705. The number of H-pyrrole nitrogens is 1. The van der Waals surface area contributed by atoms with E-state index in [0.29, 0.717) is 12.5 Å². The third kappa shape index (κ3) is 3.13. The number of nitrogens with two attached hydrogens (primary N) is 1. The van der Waals surface area contributed by atoms with Crippen LogP contribution in [0.1, 0.15) is 21.6 Å². The van der Waals surface area contributed by atoms with Crippen LogP contribution in [0.15, 0.2) is 54.9 Å². The fourth-order valence-electron chi connectivity index (χ4n) is 3.95. The summed E-state index contributed by atoms with van der Waals surface area (Å²) in [5.41, 5.74) is 14.2. The SMILES string of the molecule is Nc1cccc(-c2ccc3[nH]c4c(c3c2)CN(c2ncc(C(=O)NO)cn2)CC4)c1. The van der Waals surface area contributed by atoms with Crippen LogP contribution in [0.5, 0.6) is 0 Å². The Balaban J connectivity index is 1.48. The van der Waals surface area contributed by atoms with Gasteiger partial charge in [0, 0.05) is 59.8 Å². The molecule has 30 heavy (non-hydrogen) atoms. The van der Waals surface area contributed by atoms with Crippen LogP contribution < -0.4 is 16.1 Å². The molecule has 0 atom stereocenters. The second-order valence-electron chi connectivity index (χ2n) is 7.35. The van der Waals surface area contributed by atoms with Crippen LogP contribution in [0.3, 0.4) is 0 Å². The fourth-order valence-corrected chi connectivity index (χ4v) is 3.95. The van der Waals surface area contributed by atoms with Gasteiger partial charge in [-0.3, -0.25) is 10.0 Å². The van der Waals surface area contributed by atoms with Crippen LogP contribution in [0.4, 0.5) is 11.6 Å². The standard InChI is InChI=1S/C22H20N6O2/c23-16-3-1-2-13(8-16)14-4-5-19-17(9-14)18-12-28(7-6-20(18)26-19)22-24-10-15(11-25-22)21(29)27-30/h1-5,8-11,26,30H,6-7,12,23H2,(H,27,29). The zero-order valence-corrected chi connectivity index (χ0v) is 16.1. The minimum atomic E-state index is -0.631. The number of aromatic nitrogens is 3. The Morgan fingerprint density at radius 3 is 2.70 bits per heavy atom. The lowest BCUT2D eigenvalue weighted by Crippen LogP contribution is -2.31. The average molecular weight is 400 g/mol. The van der Waals surface area contributed by atoms with Crippen LogP contribution in [0.25, 0.3) is 22.0 Å². The summed E-state index contributed by atoms with van der Waals surface area (Å²) < 4.78 is 0. The summed E-state index contributed by atoms with van der Waals surface area (Å²) in [6.07, 6.45) is 3.67. The van der Waals surface area contributed by atoms with Crippen LogP contribution in [0, 0.1) is 0 Å². The first kappa shape index (κ1) is 18.1. The summed E-state index contributed by atoms with van der Waals surface area (Å²) in [5, 5.41) is 9.91. The van der Waals surface area contributed by atoms with Gasteiger partial charge in [-0.05, 0) is 35.4 Å². The van der Waals surface area contributed by atoms with Gasteiger partial charge < -0.3 is 15.6 Å². The molecular formula is C22H20N6O2. The molecule has 2 aromatic carbocycles. The van der Waals surface area contributed by atoms with Crippen LogP contribution in [-0.2, 0) is 13.0 Å².